The fourth-order valence-corrected chi connectivity index (χ4v) is 4.68. The lowest BCUT2D eigenvalue weighted by Crippen LogP contribution is -2.34. The topological polar surface area (TPSA) is 90.1 Å². The second kappa shape index (κ2) is 13.1. The summed E-state index contributed by atoms with van der Waals surface area (Å²) in [6.45, 7) is 7.73. The number of pyridine rings is 2. The van der Waals surface area contributed by atoms with E-state index in [1.807, 2.05) is 45.0 Å². The minimum Gasteiger partial charge on any atom is -0.471 e. The SMILES string of the molecule is CC(C)(C)N.Cc1cc(C(C)NC(=O)c2ccnc(-c3cccc4c3Cc3ccccc3-4)c2)cnc1OCC(F)(F)C(F)F. The molecule has 0 radical (unpaired) electrons. The van der Waals surface area contributed by atoms with Gasteiger partial charge in [-0.2, -0.15) is 8.78 Å². The summed E-state index contributed by atoms with van der Waals surface area (Å²) in [4.78, 5) is 21.6. The predicted octanol–water partition coefficient (Wildman–Crippen LogP) is 7.54. The van der Waals surface area contributed by atoms with Gasteiger partial charge in [0.1, 0.15) is 0 Å². The largest absolute Gasteiger partial charge is 0.471 e. The first-order valence-corrected chi connectivity index (χ1v) is 14.2. The molecule has 0 saturated heterocycles. The molecule has 0 aliphatic heterocycles. The number of fused-ring (bicyclic) bond motifs is 3. The molecule has 2 heterocycles. The van der Waals surface area contributed by atoms with Crippen LogP contribution in [-0.2, 0) is 6.42 Å². The van der Waals surface area contributed by atoms with Gasteiger partial charge in [0.05, 0.1) is 11.7 Å². The summed E-state index contributed by atoms with van der Waals surface area (Å²) in [5.41, 5.74) is 13.2. The van der Waals surface area contributed by atoms with E-state index in [-0.39, 0.29) is 17.3 Å². The summed E-state index contributed by atoms with van der Waals surface area (Å²) in [6.07, 6.45) is -0.0805. The number of ether oxygens (including phenoxy) is 1. The molecule has 0 saturated carbocycles. The van der Waals surface area contributed by atoms with Gasteiger partial charge in [-0.3, -0.25) is 9.78 Å². The Bertz CT molecular complexity index is 1630. The third-order valence-corrected chi connectivity index (χ3v) is 6.77. The van der Waals surface area contributed by atoms with E-state index < -0.39 is 25.0 Å². The van der Waals surface area contributed by atoms with Crippen LogP contribution in [0.3, 0.4) is 0 Å². The standard InChI is InChI=1S/C30H25F4N3O2.C4H11N/c1-17-12-21(15-36-28(17)39-16-30(33,34)29(31)32)18(2)37-27(38)20-10-11-35-26(14-20)24-9-5-8-23-22-7-4-3-6-19(22)13-25(23)24;1-4(2,3)5/h3-12,14-15,18,29H,13,16H2,1-2H3,(H,37,38);5H2,1-3H3. The summed E-state index contributed by atoms with van der Waals surface area (Å²) in [5, 5.41) is 2.91. The number of aromatic nitrogens is 2. The molecule has 3 N–H and O–H groups in total. The van der Waals surface area contributed by atoms with Gasteiger partial charge >= 0.3 is 12.3 Å². The molecule has 0 fully saturated rings. The molecule has 4 aromatic rings. The maximum Gasteiger partial charge on any atom is 0.340 e. The Balaban J connectivity index is 0.000000818. The quantitative estimate of drug-likeness (QED) is 0.178. The van der Waals surface area contributed by atoms with E-state index in [0.29, 0.717) is 22.4 Å². The van der Waals surface area contributed by atoms with Crippen LogP contribution in [-0.4, -0.2) is 40.4 Å². The number of halogens is 4. The average molecular weight is 609 g/mol. The van der Waals surface area contributed by atoms with Gasteiger partial charge in [0.2, 0.25) is 5.88 Å². The van der Waals surface area contributed by atoms with E-state index >= 15 is 0 Å². The number of hydrogen-bond acceptors (Lipinski definition) is 5. The molecule has 5 rings (SSSR count). The van der Waals surface area contributed by atoms with Crippen molar-refractivity contribution in [1.82, 2.24) is 15.3 Å². The van der Waals surface area contributed by atoms with Crippen LogP contribution in [0.4, 0.5) is 17.6 Å². The van der Waals surface area contributed by atoms with Crippen LogP contribution in [0.5, 0.6) is 5.88 Å². The van der Waals surface area contributed by atoms with Crippen LogP contribution < -0.4 is 15.8 Å². The monoisotopic (exact) mass is 608 g/mol. The molecular weight excluding hydrogens is 572 g/mol. The molecule has 1 atom stereocenters. The zero-order valence-electron chi connectivity index (χ0n) is 25.3. The summed E-state index contributed by atoms with van der Waals surface area (Å²) in [5.74, 6) is -4.77. The highest BCUT2D eigenvalue weighted by atomic mass is 19.3. The third kappa shape index (κ3) is 7.99. The lowest BCUT2D eigenvalue weighted by atomic mass is 9.98. The Kier molecular flexibility index (Phi) is 9.73. The van der Waals surface area contributed by atoms with Gasteiger partial charge in [-0.05, 0) is 87.1 Å². The predicted molar refractivity (Wildman–Crippen MR) is 163 cm³/mol. The van der Waals surface area contributed by atoms with Gasteiger partial charge in [0, 0.05) is 34.6 Å². The van der Waals surface area contributed by atoms with Gasteiger partial charge in [-0.15, -0.1) is 0 Å². The first kappa shape index (κ1) is 32.6. The number of nitrogens with two attached hydrogens (primary N) is 1. The summed E-state index contributed by atoms with van der Waals surface area (Å²) in [7, 11) is 0. The van der Waals surface area contributed by atoms with E-state index in [1.54, 1.807) is 38.2 Å². The number of nitrogens with zero attached hydrogens (tertiary/aromatic N) is 2. The minimum atomic E-state index is -4.28. The molecule has 2 aromatic carbocycles. The normalized spacial score (nSPS) is 13.0. The zero-order chi connectivity index (χ0) is 32.2. The van der Waals surface area contributed by atoms with Crippen LogP contribution in [0.15, 0.2) is 73.1 Å². The maximum absolute atomic E-state index is 13.2. The van der Waals surface area contributed by atoms with E-state index in [2.05, 4.69) is 33.5 Å². The van der Waals surface area contributed by atoms with Crippen LogP contribution in [0.25, 0.3) is 22.4 Å². The molecular formula is C34H36F4N4O2. The molecule has 2 aromatic heterocycles. The van der Waals surface area contributed by atoms with Crippen LogP contribution >= 0.6 is 0 Å². The molecule has 0 spiro atoms. The molecule has 44 heavy (non-hydrogen) atoms. The second-order valence-corrected chi connectivity index (χ2v) is 11.9. The molecule has 0 bridgehead atoms. The number of hydrogen-bond donors (Lipinski definition) is 2. The number of carbonyl (C=O) groups excluding carboxylic acids is 1. The lowest BCUT2D eigenvalue weighted by molar-refractivity contribution is -0.148. The number of amides is 1. The summed E-state index contributed by atoms with van der Waals surface area (Å²) in [6, 6.07) is 18.9. The zero-order valence-corrected chi connectivity index (χ0v) is 25.3. The Morgan fingerprint density at radius 3 is 2.34 bits per heavy atom. The fraction of sp³-hybridized carbons (Fsp3) is 0.324. The van der Waals surface area contributed by atoms with Crippen molar-refractivity contribution in [3.05, 3.63) is 101 Å². The van der Waals surface area contributed by atoms with Crippen molar-refractivity contribution < 1.29 is 27.1 Å². The van der Waals surface area contributed by atoms with Gasteiger partial charge in [-0.25, -0.2) is 13.8 Å². The van der Waals surface area contributed by atoms with E-state index in [0.717, 1.165) is 12.0 Å². The summed E-state index contributed by atoms with van der Waals surface area (Å²) < 4.78 is 56.0. The molecule has 1 aliphatic rings. The minimum absolute atomic E-state index is 0. The lowest BCUT2D eigenvalue weighted by Gasteiger charge is -2.18. The smallest absolute Gasteiger partial charge is 0.340 e. The van der Waals surface area contributed by atoms with Gasteiger partial charge in [0.15, 0.2) is 6.61 Å². The Hall–Kier alpha value is -4.31. The maximum atomic E-state index is 13.2. The van der Waals surface area contributed by atoms with Crippen LogP contribution in [0.1, 0.15) is 66.3 Å². The van der Waals surface area contributed by atoms with E-state index in [4.69, 9.17) is 10.5 Å². The van der Waals surface area contributed by atoms with Crippen molar-refractivity contribution in [1.29, 1.82) is 0 Å². The highest BCUT2D eigenvalue weighted by molar-refractivity contribution is 5.95. The number of rotatable bonds is 8. The molecule has 1 aliphatic carbocycles. The Labute approximate surface area is 254 Å². The highest BCUT2D eigenvalue weighted by Gasteiger charge is 2.42. The fourth-order valence-electron chi connectivity index (χ4n) is 4.68. The molecule has 1 unspecified atom stereocenters. The molecule has 10 heteroatoms. The van der Waals surface area contributed by atoms with Gasteiger partial charge in [0.25, 0.3) is 5.91 Å². The van der Waals surface area contributed by atoms with Crippen molar-refractivity contribution in [3.8, 4) is 28.3 Å². The Morgan fingerprint density at radius 1 is 1.00 bits per heavy atom. The molecule has 6 nitrogen and oxygen atoms in total. The summed E-state index contributed by atoms with van der Waals surface area (Å²) >= 11 is 0. The van der Waals surface area contributed by atoms with E-state index in [1.165, 1.54) is 28.5 Å². The number of benzene rings is 2. The van der Waals surface area contributed by atoms with Crippen molar-refractivity contribution in [3.63, 3.8) is 0 Å². The van der Waals surface area contributed by atoms with Crippen molar-refractivity contribution in [2.45, 2.75) is 65.0 Å². The van der Waals surface area contributed by atoms with Crippen molar-refractivity contribution in [2.75, 3.05) is 6.61 Å². The Morgan fingerprint density at radius 2 is 1.66 bits per heavy atom. The van der Waals surface area contributed by atoms with Gasteiger partial charge in [-0.1, -0.05) is 42.5 Å². The first-order valence-electron chi connectivity index (χ1n) is 14.2. The number of carbonyl (C=O) groups is 1. The molecule has 1 amide bonds. The molecule has 232 valence electrons. The van der Waals surface area contributed by atoms with Crippen molar-refractivity contribution in [2.24, 2.45) is 5.73 Å². The second-order valence-electron chi connectivity index (χ2n) is 11.9. The van der Waals surface area contributed by atoms with Crippen LogP contribution in [0, 0.1) is 6.92 Å². The van der Waals surface area contributed by atoms with E-state index in [9.17, 15) is 22.4 Å². The van der Waals surface area contributed by atoms with Crippen LogP contribution in [0.2, 0.25) is 0 Å². The highest BCUT2D eigenvalue weighted by Crippen LogP contribution is 2.41. The van der Waals surface area contributed by atoms with Gasteiger partial charge < -0.3 is 15.8 Å². The van der Waals surface area contributed by atoms with Crippen molar-refractivity contribution >= 4 is 5.91 Å². The third-order valence-electron chi connectivity index (χ3n) is 6.77. The number of alkyl halides is 4. The number of nitrogens with one attached hydrogen (secondary N) is 1. The first-order chi connectivity index (χ1) is 20.6. The number of aryl methyl sites for hydroxylation is 1. The average Bonchev–Trinajstić information content (AvgIpc) is 3.34.